The van der Waals surface area contributed by atoms with Crippen LogP contribution >= 0.6 is 0 Å². The monoisotopic (exact) mass is 438 g/mol. The quantitative estimate of drug-likeness (QED) is 0.230. The predicted molar refractivity (Wildman–Crippen MR) is 128 cm³/mol. The molecule has 0 spiro atoms. The Balaban J connectivity index is 0.000000523. The second-order valence-corrected chi connectivity index (χ2v) is 8.28. The standard InChI is InChI=1S/2C14H23.Fe/c1-4-7-12-10-13(8-5-2)14(11-12)9-6-3;1-4-7-12-10-11-13(8-5-2)14(12)9-6-3;/h2*10-11H,4-9H2,1-3H3;/q2*-1;+2. The van der Waals surface area contributed by atoms with Crippen molar-refractivity contribution in [2.24, 2.45) is 0 Å². The fraction of sp³-hybridized carbons (Fsp3) is 0.643. The van der Waals surface area contributed by atoms with Crippen molar-refractivity contribution >= 4 is 0 Å². The molecule has 0 aliphatic rings. The van der Waals surface area contributed by atoms with E-state index in [0.29, 0.717) is 0 Å². The van der Waals surface area contributed by atoms with E-state index in [4.69, 9.17) is 0 Å². The number of aryl methyl sites for hydroxylation is 5. The van der Waals surface area contributed by atoms with Gasteiger partial charge in [0.2, 0.25) is 0 Å². The van der Waals surface area contributed by atoms with E-state index in [1.165, 1.54) is 77.0 Å². The molecule has 0 bridgehead atoms. The molecule has 166 valence electrons. The van der Waals surface area contributed by atoms with Crippen molar-refractivity contribution in [3.63, 3.8) is 0 Å². The normalized spacial score (nSPS) is 10.4. The Morgan fingerprint density at radius 2 is 1.28 bits per heavy atom. The van der Waals surface area contributed by atoms with Crippen LogP contribution in [0.2, 0.25) is 0 Å². The van der Waals surface area contributed by atoms with Crippen LogP contribution in [0.5, 0.6) is 0 Å². The summed E-state index contributed by atoms with van der Waals surface area (Å²) in [5, 5.41) is 0. The molecule has 2 aromatic carbocycles. The van der Waals surface area contributed by atoms with Gasteiger partial charge in [0.15, 0.2) is 0 Å². The molecule has 0 aliphatic carbocycles. The maximum absolute atomic E-state index is 2.43. The van der Waals surface area contributed by atoms with Crippen molar-refractivity contribution in [1.82, 2.24) is 0 Å². The van der Waals surface area contributed by atoms with Crippen LogP contribution in [0.15, 0.2) is 24.3 Å². The van der Waals surface area contributed by atoms with Crippen molar-refractivity contribution in [2.75, 3.05) is 0 Å². The molecule has 0 amide bonds. The molecule has 2 rings (SSSR count). The number of rotatable bonds is 12. The Morgan fingerprint density at radius 3 is 1.83 bits per heavy atom. The maximum atomic E-state index is 2.43. The summed E-state index contributed by atoms with van der Waals surface area (Å²) in [6, 6.07) is 9.55. The first kappa shape index (κ1) is 28.2. The Hall–Kier alpha value is -0.781. The molecule has 0 saturated heterocycles. The zero-order valence-electron chi connectivity index (χ0n) is 20.1. The van der Waals surface area contributed by atoms with E-state index in [0.717, 1.165) is 0 Å². The van der Waals surface area contributed by atoms with Gasteiger partial charge in [0.05, 0.1) is 0 Å². The molecule has 0 saturated carbocycles. The van der Waals surface area contributed by atoms with Crippen molar-refractivity contribution < 1.29 is 17.1 Å². The van der Waals surface area contributed by atoms with E-state index in [-0.39, 0.29) is 17.1 Å². The van der Waals surface area contributed by atoms with Gasteiger partial charge in [0, 0.05) is 0 Å². The molecule has 1 heteroatoms. The van der Waals surface area contributed by atoms with Crippen LogP contribution in [0, 0.1) is 0 Å². The van der Waals surface area contributed by atoms with Crippen LogP contribution < -0.4 is 0 Å². The van der Waals surface area contributed by atoms with E-state index in [1.807, 2.05) is 0 Å². The molecule has 0 heterocycles. The molecule has 29 heavy (non-hydrogen) atoms. The van der Waals surface area contributed by atoms with E-state index in [9.17, 15) is 0 Å². The first-order valence-corrected chi connectivity index (χ1v) is 12.2. The third-order valence-electron chi connectivity index (χ3n) is 5.51. The minimum atomic E-state index is 0. The first-order chi connectivity index (χ1) is 13.6. The zero-order chi connectivity index (χ0) is 20.8. The summed E-state index contributed by atoms with van der Waals surface area (Å²) >= 11 is 0. The molecule has 0 N–H and O–H groups in total. The first-order valence-electron chi connectivity index (χ1n) is 12.2. The van der Waals surface area contributed by atoms with Crippen LogP contribution in [0.1, 0.15) is 113 Å². The Bertz CT molecular complexity index is 574. The van der Waals surface area contributed by atoms with Gasteiger partial charge >= 0.3 is 17.1 Å². The second kappa shape index (κ2) is 17.0. The van der Waals surface area contributed by atoms with E-state index in [2.05, 4.69) is 65.8 Å². The van der Waals surface area contributed by atoms with Crippen LogP contribution in [-0.4, -0.2) is 0 Å². The summed E-state index contributed by atoms with van der Waals surface area (Å²) in [5.74, 6) is 0. The molecule has 0 fully saturated rings. The van der Waals surface area contributed by atoms with Gasteiger partial charge in [-0.05, 0) is 0 Å². The van der Waals surface area contributed by atoms with Gasteiger partial charge < -0.3 is 0 Å². The molecule has 0 aromatic heterocycles. The van der Waals surface area contributed by atoms with Gasteiger partial charge in [-0.3, -0.25) is 0 Å². The Labute approximate surface area is 193 Å². The fourth-order valence-electron chi connectivity index (χ4n) is 4.30. The third-order valence-corrected chi connectivity index (χ3v) is 5.51. The Kier molecular flexibility index (Phi) is 16.5. The van der Waals surface area contributed by atoms with Gasteiger partial charge in [0.1, 0.15) is 0 Å². The van der Waals surface area contributed by atoms with Gasteiger partial charge in [0.25, 0.3) is 0 Å². The van der Waals surface area contributed by atoms with E-state index < -0.39 is 0 Å². The molecule has 0 atom stereocenters. The molecule has 0 aliphatic heterocycles. The molecule has 2 aromatic rings. The average Bonchev–Trinajstić information content (AvgIpc) is 3.23. The Morgan fingerprint density at radius 1 is 0.690 bits per heavy atom. The fourth-order valence-corrected chi connectivity index (χ4v) is 4.30. The largest absolute Gasteiger partial charge is 2.00 e. The SMILES string of the molecule is CCCc1cc(CCC)c(CCC)[cH-]1.CCCc1cc[c-](CCC)c1CCC.[Fe+2]. The summed E-state index contributed by atoms with van der Waals surface area (Å²) in [5.41, 5.74) is 9.65. The van der Waals surface area contributed by atoms with Crippen molar-refractivity contribution in [1.29, 1.82) is 0 Å². The van der Waals surface area contributed by atoms with Gasteiger partial charge in [-0.15, -0.1) is 0 Å². The predicted octanol–water partition coefficient (Wildman–Crippen LogP) is 8.52. The summed E-state index contributed by atoms with van der Waals surface area (Å²) in [4.78, 5) is 0. The van der Waals surface area contributed by atoms with E-state index in [1.54, 1.807) is 33.4 Å². The van der Waals surface area contributed by atoms with Gasteiger partial charge in [-0.1, -0.05) is 119 Å². The minimum Gasteiger partial charge on any atom is -0.210 e. The van der Waals surface area contributed by atoms with Crippen LogP contribution in [-0.2, 0) is 55.6 Å². The van der Waals surface area contributed by atoms with Crippen molar-refractivity contribution in [2.45, 2.75) is 119 Å². The topological polar surface area (TPSA) is 0 Å². The van der Waals surface area contributed by atoms with Crippen LogP contribution in [0.3, 0.4) is 0 Å². The minimum absolute atomic E-state index is 0. The second-order valence-electron chi connectivity index (χ2n) is 8.28. The van der Waals surface area contributed by atoms with Crippen molar-refractivity contribution in [3.05, 3.63) is 57.6 Å². The third kappa shape index (κ3) is 9.71. The van der Waals surface area contributed by atoms with Crippen LogP contribution in [0.25, 0.3) is 0 Å². The number of hydrogen-bond donors (Lipinski definition) is 0. The average molecular weight is 439 g/mol. The molecule has 0 radical (unpaired) electrons. The van der Waals surface area contributed by atoms with Gasteiger partial charge in [-0.25, -0.2) is 12.1 Å². The van der Waals surface area contributed by atoms with E-state index >= 15 is 0 Å². The zero-order valence-corrected chi connectivity index (χ0v) is 21.3. The molecular formula is C28H46Fe. The molecule has 0 unspecified atom stereocenters. The smallest absolute Gasteiger partial charge is 0.210 e. The van der Waals surface area contributed by atoms with Crippen molar-refractivity contribution in [3.8, 4) is 0 Å². The summed E-state index contributed by atoms with van der Waals surface area (Å²) < 4.78 is 0. The maximum Gasteiger partial charge on any atom is 2.00 e. The summed E-state index contributed by atoms with van der Waals surface area (Å²) in [7, 11) is 0. The van der Waals surface area contributed by atoms with Crippen LogP contribution in [0.4, 0.5) is 0 Å². The summed E-state index contributed by atoms with van der Waals surface area (Å²) in [6.07, 6.45) is 15.2. The van der Waals surface area contributed by atoms with Gasteiger partial charge in [-0.2, -0.15) is 45.5 Å². The summed E-state index contributed by atoms with van der Waals surface area (Å²) in [6.45, 7) is 13.6. The number of hydrogen-bond acceptors (Lipinski definition) is 0. The molecule has 0 nitrogen and oxygen atoms in total. The molecular weight excluding hydrogens is 392 g/mol.